The van der Waals surface area contributed by atoms with Crippen molar-refractivity contribution in [1.29, 1.82) is 0 Å². The van der Waals surface area contributed by atoms with Crippen LogP contribution < -0.4 is 4.90 Å². The van der Waals surface area contributed by atoms with Gasteiger partial charge in [0.1, 0.15) is 17.2 Å². The van der Waals surface area contributed by atoms with Crippen LogP contribution in [0.15, 0.2) is 6.20 Å². The van der Waals surface area contributed by atoms with Crippen LogP contribution in [0, 0.1) is 25.7 Å². The Labute approximate surface area is 163 Å². The number of amides is 1. The van der Waals surface area contributed by atoms with E-state index in [1.54, 1.807) is 0 Å². The van der Waals surface area contributed by atoms with E-state index in [4.69, 9.17) is 4.74 Å². The summed E-state index contributed by atoms with van der Waals surface area (Å²) < 4.78 is 5.51. The van der Waals surface area contributed by atoms with E-state index in [0.717, 1.165) is 68.1 Å². The number of nitrogens with zero attached hydrogens (tertiary/aromatic N) is 4. The van der Waals surface area contributed by atoms with Gasteiger partial charge in [0.05, 0.1) is 0 Å². The molecular weight excluding hydrogens is 340 g/mol. The normalized spacial score (nSPS) is 20.0. The number of likely N-dealkylation sites (tertiary alicyclic amines) is 1. The van der Waals surface area contributed by atoms with Gasteiger partial charge in [-0.05, 0) is 72.1 Å². The molecule has 0 aromatic carbocycles. The second kappa shape index (κ2) is 8.03. The molecule has 0 aliphatic carbocycles. The van der Waals surface area contributed by atoms with Crippen LogP contribution in [-0.2, 0) is 4.74 Å². The minimum absolute atomic E-state index is 0.162. The monoisotopic (exact) mass is 374 g/mol. The van der Waals surface area contributed by atoms with Crippen molar-refractivity contribution in [3.05, 3.63) is 17.6 Å². The van der Waals surface area contributed by atoms with Gasteiger partial charge in [-0.2, -0.15) is 0 Å². The summed E-state index contributed by atoms with van der Waals surface area (Å²) in [6.45, 7) is 13.6. The topological polar surface area (TPSA) is 58.6 Å². The average Bonchev–Trinajstić information content (AvgIpc) is 2.63. The Hall–Kier alpha value is -1.85. The number of hydrogen-bond acceptors (Lipinski definition) is 5. The van der Waals surface area contributed by atoms with E-state index in [1.165, 1.54) is 12.8 Å². The molecule has 2 fully saturated rings. The number of carbonyl (C=O) groups is 1. The number of hydrogen-bond donors (Lipinski definition) is 0. The first kappa shape index (κ1) is 19.9. The molecular formula is C21H34N4O2. The van der Waals surface area contributed by atoms with E-state index in [9.17, 15) is 4.79 Å². The lowest BCUT2D eigenvalue weighted by Crippen LogP contribution is -2.44. The van der Waals surface area contributed by atoms with Gasteiger partial charge in [-0.1, -0.05) is 0 Å². The summed E-state index contributed by atoms with van der Waals surface area (Å²) in [6.07, 6.45) is 6.37. The first-order valence-electron chi connectivity index (χ1n) is 10.3. The minimum atomic E-state index is -0.418. The van der Waals surface area contributed by atoms with E-state index >= 15 is 0 Å². The molecule has 0 atom stereocenters. The number of aromatic nitrogens is 2. The van der Waals surface area contributed by atoms with Crippen molar-refractivity contribution < 1.29 is 9.53 Å². The summed E-state index contributed by atoms with van der Waals surface area (Å²) in [4.78, 5) is 25.5. The molecule has 0 radical (unpaired) electrons. The maximum atomic E-state index is 12.2. The average molecular weight is 375 g/mol. The highest BCUT2D eigenvalue weighted by molar-refractivity contribution is 5.68. The van der Waals surface area contributed by atoms with Gasteiger partial charge in [0.25, 0.3) is 0 Å². The van der Waals surface area contributed by atoms with Crippen molar-refractivity contribution in [3.8, 4) is 0 Å². The van der Waals surface area contributed by atoms with Crippen LogP contribution in [0.1, 0.15) is 57.8 Å². The quantitative estimate of drug-likeness (QED) is 0.784. The first-order valence-corrected chi connectivity index (χ1v) is 10.3. The number of piperidine rings is 2. The third-order valence-electron chi connectivity index (χ3n) is 5.76. The molecule has 2 aliphatic rings. The molecule has 2 aliphatic heterocycles. The van der Waals surface area contributed by atoms with Crippen LogP contribution in [0.5, 0.6) is 0 Å². The molecule has 1 aromatic rings. The van der Waals surface area contributed by atoms with E-state index in [1.807, 2.05) is 38.8 Å². The molecule has 0 spiro atoms. The highest BCUT2D eigenvalue weighted by Gasteiger charge is 2.32. The Morgan fingerprint density at radius 2 is 1.59 bits per heavy atom. The Bertz CT molecular complexity index is 655. The summed E-state index contributed by atoms with van der Waals surface area (Å²) >= 11 is 0. The zero-order valence-corrected chi connectivity index (χ0v) is 17.5. The number of ether oxygens (including phenoxy) is 1. The minimum Gasteiger partial charge on any atom is -0.444 e. The molecule has 150 valence electrons. The first-order chi connectivity index (χ1) is 12.7. The predicted molar refractivity (Wildman–Crippen MR) is 107 cm³/mol. The second-order valence-electron chi connectivity index (χ2n) is 9.05. The lowest BCUT2D eigenvalue weighted by Gasteiger charge is -2.40. The van der Waals surface area contributed by atoms with Crippen LogP contribution >= 0.6 is 0 Å². The molecule has 3 heterocycles. The molecule has 1 aromatic heterocycles. The predicted octanol–water partition coefficient (Wildman–Crippen LogP) is 3.96. The van der Waals surface area contributed by atoms with Crippen LogP contribution in [0.4, 0.5) is 10.6 Å². The van der Waals surface area contributed by atoms with Crippen molar-refractivity contribution in [1.82, 2.24) is 14.9 Å². The standard InChI is InChI=1S/C21H34N4O2/c1-15-14-22-16(2)23-19(15)24-10-6-17(7-11-24)18-8-12-25(13-9-18)20(26)27-21(3,4)5/h14,17-18H,6-13H2,1-5H3. The Kier molecular flexibility index (Phi) is 5.92. The molecule has 0 N–H and O–H groups in total. The van der Waals surface area contributed by atoms with Gasteiger partial charge < -0.3 is 14.5 Å². The van der Waals surface area contributed by atoms with E-state index in [-0.39, 0.29) is 6.09 Å². The molecule has 0 bridgehead atoms. The second-order valence-corrected chi connectivity index (χ2v) is 9.05. The Morgan fingerprint density at radius 3 is 2.15 bits per heavy atom. The highest BCUT2D eigenvalue weighted by Crippen LogP contribution is 2.34. The van der Waals surface area contributed by atoms with Gasteiger partial charge in [-0.15, -0.1) is 0 Å². The highest BCUT2D eigenvalue weighted by atomic mass is 16.6. The van der Waals surface area contributed by atoms with E-state index in [0.29, 0.717) is 0 Å². The van der Waals surface area contributed by atoms with Crippen LogP contribution in [0.3, 0.4) is 0 Å². The van der Waals surface area contributed by atoms with E-state index in [2.05, 4.69) is 21.8 Å². The number of anilines is 1. The van der Waals surface area contributed by atoms with Crippen LogP contribution in [0.2, 0.25) is 0 Å². The maximum absolute atomic E-state index is 12.2. The van der Waals surface area contributed by atoms with Crippen molar-refractivity contribution in [2.24, 2.45) is 11.8 Å². The Balaban J connectivity index is 1.48. The zero-order chi connectivity index (χ0) is 19.6. The SMILES string of the molecule is Cc1ncc(C)c(N2CCC(C3CCN(C(=O)OC(C)(C)C)CC3)CC2)n1. The summed E-state index contributed by atoms with van der Waals surface area (Å²) in [7, 11) is 0. The van der Waals surface area contributed by atoms with Crippen molar-refractivity contribution in [2.75, 3.05) is 31.1 Å². The fourth-order valence-corrected chi connectivity index (χ4v) is 4.30. The molecule has 0 saturated carbocycles. The fraction of sp³-hybridized carbons (Fsp3) is 0.762. The van der Waals surface area contributed by atoms with Crippen molar-refractivity contribution >= 4 is 11.9 Å². The summed E-state index contributed by atoms with van der Waals surface area (Å²) in [5.74, 6) is 3.41. The molecule has 6 nitrogen and oxygen atoms in total. The lowest BCUT2D eigenvalue weighted by molar-refractivity contribution is 0.0152. The third-order valence-corrected chi connectivity index (χ3v) is 5.76. The smallest absolute Gasteiger partial charge is 0.410 e. The van der Waals surface area contributed by atoms with Crippen molar-refractivity contribution in [3.63, 3.8) is 0 Å². The molecule has 2 saturated heterocycles. The van der Waals surface area contributed by atoms with E-state index < -0.39 is 5.60 Å². The number of rotatable bonds is 2. The fourth-order valence-electron chi connectivity index (χ4n) is 4.30. The molecule has 0 unspecified atom stereocenters. The van der Waals surface area contributed by atoms with Gasteiger partial charge in [0, 0.05) is 37.9 Å². The summed E-state index contributed by atoms with van der Waals surface area (Å²) in [6, 6.07) is 0. The van der Waals surface area contributed by atoms with Gasteiger partial charge in [0.15, 0.2) is 0 Å². The molecule has 3 rings (SSSR count). The largest absolute Gasteiger partial charge is 0.444 e. The molecule has 6 heteroatoms. The van der Waals surface area contributed by atoms with Crippen LogP contribution in [0.25, 0.3) is 0 Å². The lowest BCUT2D eigenvalue weighted by atomic mass is 9.79. The molecule has 1 amide bonds. The Morgan fingerprint density at radius 1 is 1.04 bits per heavy atom. The van der Waals surface area contributed by atoms with Gasteiger partial charge in [0.2, 0.25) is 0 Å². The summed E-state index contributed by atoms with van der Waals surface area (Å²) in [5.41, 5.74) is 0.739. The summed E-state index contributed by atoms with van der Waals surface area (Å²) in [5, 5.41) is 0. The maximum Gasteiger partial charge on any atom is 0.410 e. The van der Waals surface area contributed by atoms with Crippen LogP contribution in [-0.4, -0.2) is 52.7 Å². The van der Waals surface area contributed by atoms with Gasteiger partial charge in [-0.3, -0.25) is 0 Å². The third kappa shape index (κ3) is 5.11. The van der Waals surface area contributed by atoms with Gasteiger partial charge in [-0.25, -0.2) is 14.8 Å². The number of carbonyl (C=O) groups excluding carboxylic acids is 1. The number of aryl methyl sites for hydroxylation is 2. The zero-order valence-electron chi connectivity index (χ0n) is 17.5. The molecule has 27 heavy (non-hydrogen) atoms. The van der Waals surface area contributed by atoms with Crippen molar-refractivity contribution in [2.45, 2.75) is 65.9 Å². The van der Waals surface area contributed by atoms with Gasteiger partial charge >= 0.3 is 6.09 Å².